The minimum Gasteiger partial charge on any atom is -0.442 e. The van der Waals surface area contributed by atoms with Crippen molar-refractivity contribution in [1.82, 2.24) is 39.7 Å². The number of carbonyl (C=O) groups is 1. The zero-order valence-corrected chi connectivity index (χ0v) is 22.6. The molecule has 0 aliphatic carbocycles. The third-order valence-corrected chi connectivity index (χ3v) is 5.86. The Kier molecular flexibility index (Phi) is 6.57. The van der Waals surface area contributed by atoms with E-state index in [0.29, 0.717) is 35.2 Å². The molecule has 202 valence electrons. The number of ether oxygens (including phenoxy) is 1. The number of nitrogens with zero attached hydrogens (tertiary/aromatic N) is 7. The number of fused-ring (bicyclic) bond motifs is 2. The van der Waals surface area contributed by atoms with Crippen molar-refractivity contribution in [2.24, 2.45) is 0 Å². The van der Waals surface area contributed by atoms with Crippen molar-refractivity contribution in [2.75, 3.05) is 5.32 Å². The summed E-state index contributed by atoms with van der Waals surface area (Å²) in [5.74, 6) is 7.85. The molecule has 0 bridgehead atoms. The second kappa shape index (κ2) is 10.5. The Morgan fingerprint density at radius 3 is 2.71 bits per heavy atom. The lowest BCUT2D eigenvalue weighted by molar-refractivity contribution is 0.0522. The summed E-state index contributed by atoms with van der Waals surface area (Å²) in [6, 6.07) is 16.8. The number of aromatic nitrogens is 8. The van der Waals surface area contributed by atoms with Crippen LogP contribution < -0.4 is 5.32 Å². The topological polar surface area (TPSA) is 136 Å². The minimum absolute atomic E-state index is 0.431. The largest absolute Gasteiger partial charge is 0.442 e. The van der Waals surface area contributed by atoms with E-state index in [-0.39, 0.29) is 0 Å². The van der Waals surface area contributed by atoms with Crippen molar-refractivity contribution < 1.29 is 9.53 Å². The fourth-order valence-electron chi connectivity index (χ4n) is 4.07. The second-order valence-electron chi connectivity index (χ2n) is 10.1. The van der Waals surface area contributed by atoms with Gasteiger partial charge >= 0.3 is 6.09 Å². The quantitative estimate of drug-likeness (QED) is 0.296. The van der Waals surface area contributed by atoms with E-state index in [9.17, 15) is 4.79 Å². The Morgan fingerprint density at radius 2 is 1.85 bits per heavy atom. The molecule has 0 atom stereocenters. The van der Waals surface area contributed by atoms with Crippen LogP contribution in [0.4, 0.5) is 10.7 Å². The molecule has 6 aromatic rings. The monoisotopic (exact) mass is 543 g/mol. The number of aromatic amines is 1. The molecule has 0 amide bonds. The second-order valence-corrected chi connectivity index (χ2v) is 10.1. The van der Waals surface area contributed by atoms with Gasteiger partial charge < -0.3 is 15.0 Å². The van der Waals surface area contributed by atoms with Gasteiger partial charge in [0.2, 0.25) is 5.95 Å². The first-order valence-electron chi connectivity index (χ1n) is 12.9. The van der Waals surface area contributed by atoms with Crippen molar-refractivity contribution in [2.45, 2.75) is 32.9 Å². The standard InChI is InChI=1S/C30H25N9O2/c1-30(2,3)41-29(40)39-25-11-9-19(16-20(25)17-34-39)8-10-21-12-14-31-27(35-21)24-13-15-32-28(38-24)33-18-26-36-22-6-4-5-7-23(22)37-26/h4-7,9,11-17H,18H2,1-3H3,(H,36,37)(H,32,33,38). The summed E-state index contributed by atoms with van der Waals surface area (Å²) in [5.41, 5.74) is 3.75. The molecule has 4 aromatic heterocycles. The van der Waals surface area contributed by atoms with Crippen LogP contribution >= 0.6 is 0 Å². The van der Waals surface area contributed by atoms with E-state index in [0.717, 1.165) is 27.8 Å². The molecule has 0 fully saturated rings. The number of H-pyrrole nitrogens is 1. The summed E-state index contributed by atoms with van der Waals surface area (Å²) in [6.45, 7) is 5.87. The molecule has 41 heavy (non-hydrogen) atoms. The van der Waals surface area contributed by atoms with Gasteiger partial charge in [0.1, 0.15) is 22.8 Å². The molecular formula is C30H25N9O2. The van der Waals surface area contributed by atoms with Crippen LogP contribution in [0.1, 0.15) is 37.9 Å². The molecule has 4 heterocycles. The smallest absolute Gasteiger partial charge is 0.435 e. The van der Waals surface area contributed by atoms with Crippen LogP contribution in [0.3, 0.4) is 0 Å². The number of benzene rings is 2. The van der Waals surface area contributed by atoms with Gasteiger partial charge in [0.15, 0.2) is 5.82 Å². The van der Waals surface area contributed by atoms with Crippen molar-refractivity contribution in [3.05, 3.63) is 90.3 Å². The lowest BCUT2D eigenvalue weighted by Gasteiger charge is -2.19. The molecule has 0 radical (unpaired) electrons. The first kappa shape index (κ1) is 25.6. The maximum absolute atomic E-state index is 12.5. The lowest BCUT2D eigenvalue weighted by Crippen LogP contribution is -2.27. The summed E-state index contributed by atoms with van der Waals surface area (Å²) in [4.78, 5) is 38.1. The van der Waals surface area contributed by atoms with Gasteiger partial charge in [-0.1, -0.05) is 18.1 Å². The number of carbonyl (C=O) groups excluding carboxylic acids is 1. The summed E-state index contributed by atoms with van der Waals surface area (Å²) >= 11 is 0. The zero-order chi connectivity index (χ0) is 28.4. The predicted molar refractivity (Wildman–Crippen MR) is 154 cm³/mol. The maximum atomic E-state index is 12.5. The lowest BCUT2D eigenvalue weighted by atomic mass is 10.1. The molecule has 2 aromatic carbocycles. The molecule has 0 saturated carbocycles. The maximum Gasteiger partial charge on any atom is 0.435 e. The van der Waals surface area contributed by atoms with E-state index in [1.165, 1.54) is 4.68 Å². The third-order valence-electron chi connectivity index (χ3n) is 5.86. The predicted octanol–water partition coefficient (Wildman–Crippen LogP) is 4.95. The van der Waals surface area contributed by atoms with Crippen LogP contribution in [0.5, 0.6) is 0 Å². The number of para-hydroxylation sites is 2. The van der Waals surface area contributed by atoms with Gasteiger partial charge in [-0.05, 0) is 69.2 Å². The molecule has 11 heteroatoms. The average molecular weight is 544 g/mol. The molecular weight excluding hydrogens is 518 g/mol. The number of anilines is 1. The minimum atomic E-state index is -0.615. The highest BCUT2D eigenvalue weighted by atomic mass is 16.6. The molecule has 0 aliphatic rings. The van der Waals surface area contributed by atoms with Crippen LogP contribution in [0, 0.1) is 11.8 Å². The number of hydrogen-bond donors (Lipinski definition) is 2. The van der Waals surface area contributed by atoms with Gasteiger partial charge in [-0.2, -0.15) is 9.78 Å². The first-order valence-corrected chi connectivity index (χ1v) is 12.9. The van der Waals surface area contributed by atoms with E-state index < -0.39 is 11.7 Å². The van der Waals surface area contributed by atoms with Crippen LogP contribution in [0.25, 0.3) is 33.5 Å². The van der Waals surface area contributed by atoms with Crippen LogP contribution in [-0.2, 0) is 11.3 Å². The first-order chi connectivity index (χ1) is 19.8. The highest BCUT2D eigenvalue weighted by Crippen LogP contribution is 2.18. The Balaban J connectivity index is 1.17. The Hall–Kier alpha value is -5.63. The summed E-state index contributed by atoms with van der Waals surface area (Å²) in [6.07, 6.45) is 4.38. The van der Waals surface area contributed by atoms with Gasteiger partial charge in [0, 0.05) is 23.3 Å². The number of imidazole rings is 1. The van der Waals surface area contributed by atoms with Gasteiger partial charge in [0.05, 0.1) is 29.3 Å². The summed E-state index contributed by atoms with van der Waals surface area (Å²) in [5, 5.41) is 8.15. The van der Waals surface area contributed by atoms with Crippen molar-refractivity contribution >= 4 is 34.0 Å². The summed E-state index contributed by atoms with van der Waals surface area (Å²) in [7, 11) is 0. The Labute approximate surface area is 235 Å². The molecule has 0 saturated heterocycles. The van der Waals surface area contributed by atoms with Crippen molar-refractivity contribution in [1.29, 1.82) is 0 Å². The van der Waals surface area contributed by atoms with Crippen LogP contribution in [0.15, 0.2) is 73.2 Å². The van der Waals surface area contributed by atoms with Gasteiger partial charge in [0.25, 0.3) is 0 Å². The highest BCUT2D eigenvalue weighted by molar-refractivity contribution is 5.88. The van der Waals surface area contributed by atoms with Gasteiger partial charge in [-0.25, -0.2) is 29.7 Å². The van der Waals surface area contributed by atoms with Crippen LogP contribution in [0.2, 0.25) is 0 Å². The van der Waals surface area contributed by atoms with Crippen LogP contribution in [-0.4, -0.2) is 51.4 Å². The number of rotatable bonds is 4. The van der Waals surface area contributed by atoms with Crippen molar-refractivity contribution in [3.8, 4) is 23.4 Å². The summed E-state index contributed by atoms with van der Waals surface area (Å²) < 4.78 is 6.67. The average Bonchev–Trinajstić information content (AvgIpc) is 3.58. The fourth-order valence-corrected chi connectivity index (χ4v) is 4.07. The van der Waals surface area contributed by atoms with E-state index in [1.54, 1.807) is 36.8 Å². The molecule has 2 N–H and O–H groups in total. The van der Waals surface area contributed by atoms with Gasteiger partial charge in [-0.3, -0.25) is 0 Å². The Morgan fingerprint density at radius 1 is 1.00 bits per heavy atom. The fraction of sp³-hybridized carbons (Fsp3) is 0.167. The zero-order valence-electron chi connectivity index (χ0n) is 22.6. The number of hydrogen-bond acceptors (Lipinski definition) is 9. The highest BCUT2D eigenvalue weighted by Gasteiger charge is 2.20. The molecule has 0 spiro atoms. The van der Waals surface area contributed by atoms with E-state index in [4.69, 9.17) is 4.74 Å². The SMILES string of the molecule is CC(C)(C)OC(=O)n1ncc2cc(C#Cc3ccnc(-c4ccnc(NCc5nc6ccccc6[nH]5)n4)n3)ccc21. The van der Waals surface area contributed by atoms with Crippen molar-refractivity contribution in [3.63, 3.8) is 0 Å². The normalized spacial score (nSPS) is 11.3. The molecule has 0 unspecified atom stereocenters. The van der Waals surface area contributed by atoms with Gasteiger partial charge in [-0.15, -0.1) is 0 Å². The van der Waals surface area contributed by atoms with E-state index in [1.807, 2.05) is 57.2 Å². The number of nitrogens with one attached hydrogen (secondary N) is 2. The van der Waals surface area contributed by atoms with E-state index >= 15 is 0 Å². The molecule has 0 aliphatic heterocycles. The third kappa shape index (κ3) is 5.86. The Bertz CT molecular complexity index is 1920. The molecule has 6 rings (SSSR count). The molecule has 11 nitrogen and oxygen atoms in total. The van der Waals surface area contributed by atoms with E-state index in [2.05, 4.69) is 52.2 Å².